The van der Waals surface area contributed by atoms with E-state index in [0.717, 1.165) is 19.0 Å². The van der Waals surface area contributed by atoms with E-state index in [0.29, 0.717) is 0 Å². The van der Waals surface area contributed by atoms with E-state index in [1.807, 2.05) is 24.7 Å². The number of aromatic nitrogens is 2. The van der Waals surface area contributed by atoms with Crippen LogP contribution in [-0.4, -0.2) is 16.0 Å². The zero-order valence-electron chi connectivity index (χ0n) is 10.3. The zero-order chi connectivity index (χ0) is 12.2. The summed E-state index contributed by atoms with van der Waals surface area (Å²) in [6, 6.07) is 7.05. The van der Waals surface area contributed by atoms with E-state index in [1.54, 1.807) is 6.20 Å². The molecule has 1 N–H and O–H groups in total. The molecule has 0 radical (unpaired) electrons. The lowest BCUT2D eigenvalue weighted by molar-refractivity contribution is 0.685. The van der Waals surface area contributed by atoms with Gasteiger partial charge in [0.15, 0.2) is 0 Å². The Balaban J connectivity index is 1.66. The van der Waals surface area contributed by atoms with E-state index in [4.69, 9.17) is 0 Å². The first-order valence-corrected chi connectivity index (χ1v) is 6.45. The van der Waals surface area contributed by atoms with Crippen molar-refractivity contribution in [2.75, 3.05) is 0 Å². The number of nitrogens with one attached hydrogen (secondary N) is 1. The molecule has 3 heteroatoms. The average Bonchev–Trinajstić information content (AvgIpc) is 3.22. The lowest BCUT2D eigenvalue weighted by Crippen LogP contribution is -2.15. The first kappa shape index (κ1) is 11.4. The maximum Gasteiger partial charge on any atom is 0.0313 e. The van der Waals surface area contributed by atoms with Gasteiger partial charge in [0, 0.05) is 43.8 Å². The van der Waals surface area contributed by atoms with Crippen molar-refractivity contribution >= 4 is 0 Å². The standard InChI is InChI=1S/C15H17N3/c1-2-12(8-16-5-1)6-13-7-14(10-17-9-13)11-18-15-3-4-15/h1-2,5,7-10,15,18H,3-4,6,11H2. The number of nitrogens with zero attached hydrogens (tertiary/aromatic N) is 2. The molecule has 3 rings (SSSR count). The van der Waals surface area contributed by atoms with Crippen LogP contribution >= 0.6 is 0 Å². The van der Waals surface area contributed by atoms with E-state index >= 15 is 0 Å². The summed E-state index contributed by atoms with van der Waals surface area (Å²) in [6.45, 7) is 0.929. The third-order valence-electron chi connectivity index (χ3n) is 3.15. The fourth-order valence-corrected chi connectivity index (χ4v) is 2.02. The molecule has 2 aromatic heterocycles. The summed E-state index contributed by atoms with van der Waals surface area (Å²) in [5.74, 6) is 0. The molecule has 0 saturated heterocycles. The van der Waals surface area contributed by atoms with Crippen molar-refractivity contribution in [2.45, 2.75) is 31.8 Å². The summed E-state index contributed by atoms with van der Waals surface area (Å²) in [5, 5.41) is 3.51. The minimum atomic E-state index is 0.743. The van der Waals surface area contributed by atoms with Gasteiger partial charge in [0.1, 0.15) is 0 Å². The predicted octanol–water partition coefficient (Wildman–Crippen LogP) is 2.32. The molecule has 3 nitrogen and oxygen atoms in total. The molecule has 0 aliphatic heterocycles. The van der Waals surface area contributed by atoms with Gasteiger partial charge in [-0.2, -0.15) is 0 Å². The summed E-state index contributed by atoms with van der Waals surface area (Å²) in [7, 11) is 0. The summed E-state index contributed by atoms with van der Waals surface area (Å²) < 4.78 is 0. The lowest BCUT2D eigenvalue weighted by Gasteiger charge is -2.05. The van der Waals surface area contributed by atoms with Gasteiger partial charge < -0.3 is 5.32 Å². The Labute approximate surface area is 107 Å². The van der Waals surface area contributed by atoms with Gasteiger partial charge >= 0.3 is 0 Å². The molecule has 0 spiro atoms. The number of hydrogen-bond acceptors (Lipinski definition) is 3. The Kier molecular flexibility index (Phi) is 3.33. The fraction of sp³-hybridized carbons (Fsp3) is 0.333. The van der Waals surface area contributed by atoms with Crippen molar-refractivity contribution in [3.63, 3.8) is 0 Å². The second kappa shape index (κ2) is 5.27. The first-order chi connectivity index (χ1) is 8.90. The largest absolute Gasteiger partial charge is 0.310 e. The van der Waals surface area contributed by atoms with Crippen LogP contribution in [0.25, 0.3) is 0 Å². The molecule has 1 saturated carbocycles. The summed E-state index contributed by atoms with van der Waals surface area (Å²) in [5.41, 5.74) is 3.74. The van der Waals surface area contributed by atoms with Gasteiger partial charge in [-0.25, -0.2) is 0 Å². The molecular formula is C15H17N3. The van der Waals surface area contributed by atoms with Gasteiger partial charge in [0.2, 0.25) is 0 Å². The molecule has 2 aromatic rings. The van der Waals surface area contributed by atoms with Gasteiger partial charge in [0.05, 0.1) is 0 Å². The Bertz CT molecular complexity index is 506. The van der Waals surface area contributed by atoms with Gasteiger partial charge in [-0.15, -0.1) is 0 Å². The van der Waals surface area contributed by atoms with Crippen molar-refractivity contribution in [2.24, 2.45) is 0 Å². The van der Waals surface area contributed by atoms with E-state index < -0.39 is 0 Å². The molecule has 0 amide bonds. The SMILES string of the molecule is c1cncc(Cc2cncc(CNC3CC3)c2)c1. The van der Waals surface area contributed by atoms with Crippen LogP contribution in [0.4, 0.5) is 0 Å². The van der Waals surface area contributed by atoms with Crippen molar-refractivity contribution in [1.29, 1.82) is 0 Å². The second-order valence-corrected chi connectivity index (χ2v) is 4.89. The molecule has 1 aliphatic rings. The van der Waals surface area contributed by atoms with Crippen molar-refractivity contribution < 1.29 is 0 Å². The number of pyridine rings is 2. The van der Waals surface area contributed by atoms with Crippen molar-refractivity contribution in [3.8, 4) is 0 Å². The number of hydrogen-bond donors (Lipinski definition) is 1. The quantitative estimate of drug-likeness (QED) is 0.870. The maximum atomic E-state index is 4.32. The van der Waals surface area contributed by atoms with Crippen LogP contribution in [0.1, 0.15) is 29.5 Å². The smallest absolute Gasteiger partial charge is 0.0313 e. The highest BCUT2D eigenvalue weighted by atomic mass is 14.9. The Hall–Kier alpha value is -1.74. The average molecular weight is 239 g/mol. The first-order valence-electron chi connectivity index (χ1n) is 6.45. The zero-order valence-corrected chi connectivity index (χ0v) is 10.3. The third kappa shape index (κ3) is 3.14. The molecule has 0 atom stereocenters. The maximum absolute atomic E-state index is 4.32. The minimum Gasteiger partial charge on any atom is -0.310 e. The van der Waals surface area contributed by atoms with Crippen LogP contribution in [0.3, 0.4) is 0 Å². The summed E-state index contributed by atoms with van der Waals surface area (Å²) in [4.78, 5) is 8.46. The normalized spacial score (nSPS) is 14.7. The van der Waals surface area contributed by atoms with E-state index in [-0.39, 0.29) is 0 Å². The predicted molar refractivity (Wildman–Crippen MR) is 71.1 cm³/mol. The summed E-state index contributed by atoms with van der Waals surface area (Å²) >= 11 is 0. The second-order valence-electron chi connectivity index (χ2n) is 4.89. The van der Waals surface area contributed by atoms with Crippen LogP contribution < -0.4 is 5.32 Å². The van der Waals surface area contributed by atoms with E-state index in [2.05, 4.69) is 27.4 Å². The van der Waals surface area contributed by atoms with Crippen LogP contribution in [-0.2, 0) is 13.0 Å². The Morgan fingerprint density at radius 2 is 1.89 bits per heavy atom. The van der Waals surface area contributed by atoms with Crippen molar-refractivity contribution in [3.05, 3.63) is 59.7 Å². The third-order valence-corrected chi connectivity index (χ3v) is 3.15. The monoisotopic (exact) mass is 239 g/mol. The lowest BCUT2D eigenvalue weighted by atomic mass is 10.1. The molecule has 1 aliphatic carbocycles. The van der Waals surface area contributed by atoms with Gasteiger partial charge in [0.25, 0.3) is 0 Å². The van der Waals surface area contributed by atoms with Crippen LogP contribution in [0, 0.1) is 0 Å². The minimum absolute atomic E-state index is 0.743. The highest BCUT2D eigenvalue weighted by Crippen LogP contribution is 2.19. The number of rotatable bonds is 5. The highest BCUT2D eigenvalue weighted by molar-refractivity contribution is 5.24. The van der Waals surface area contributed by atoms with E-state index in [1.165, 1.54) is 29.5 Å². The van der Waals surface area contributed by atoms with Crippen molar-refractivity contribution in [1.82, 2.24) is 15.3 Å². The van der Waals surface area contributed by atoms with Crippen LogP contribution in [0.15, 0.2) is 43.0 Å². The molecule has 0 aromatic carbocycles. The molecular weight excluding hydrogens is 222 g/mol. The molecule has 18 heavy (non-hydrogen) atoms. The van der Waals surface area contributed by atoms with E-state index in [9.17, 15) is 0 Å². The Morgan fingerprint density at radius 3 is 2.67 bits per heavy atom. The summed E-state index contributed by atoms with van der Waals surface area (Å²) in [6.07, 6.45) is 11.1. The molecule has 0 unspecified atom stereocenters. The topological polar surface area (TPSA) is 37.8 Å². The van der Waals surface area contributed by atoms with Gasteiger partial charge in [-0.1, -0.05) is 12.1 Å². The van der Waals surface area contributed by atoms with Crippen LogP contribution in [0.5, 0.6) is 0 Å². The fourth-order valence-electron chi connectivity index (χ4n) is 2.02. The molecule has 2 heterocycles. The molecule has 0 bridgehead atoms. The molecule has 1 fully saturated rings. The van der Waals surface area contributed by atoms with Gasteiger partial charge in [-0.3, -0.25) is 9.97 Å². The molecule has 92 valence electrons. The Morgan fingerprint density at radius 1 is 1.06 bits per heavy atom. The van der Waals surface area contributed by atoms with Crippen LogP contribution in [0.2, 0.25) is 0 Å². The highest BCUT2D eigenvalue weighted by Gasteiger charge is 2.19. The van der Waals surface area contributed by atoms with Gasteiger partial charge in [-0.05, 0) is 35.6 Å².